The lowest BCUT2D eigenvalue weighted by atomic mass is 10.1. The van der Waals surface area contributed by atoms with Gasteiger partial charge >= 0.3 is 0 Å². The fourth-order valence-electron chi connectivity index (χ4n) is 5.26. The molecule has 10 nitrogen and oxygen atoms in total. The molecule has 2 aromatic carbocycles. The molecule has 0 saturated heterocycles. The Morgan fingerprint density at radius 3 is 1.74 bits per heavy atom. The average molecular weight is 716 g/mol. The highest BCUT2D eigenvalue weighted by Crippen LogP contribution is 2.22. The zero-order valence-electron chi connectivity index (χ0n) is 28.4. The van der Waals surface area contributed by atoms with Crippen LogP contribution in [0.15, 0.2) is 113 Å². The number of aliphatic hydroxyl groups is 2. The predicted octanol–water partition coefficient (Wildman–Crippen LogP) is 6.13. The summed E-state index contributed by atoms with van der Waals surface area (Å²) in [5.74, 6) is 2.09. The number of allylic oxidation sites excluding steroid dienone is 3. The molecular weight excluding hydrogens is 669 g/mol. The molecule has 0 atom stereocenters. The van der Waals surface area contributed by atoms with Gasteiger partial charge in [0.2, 0.25) is 0 Å². The molecular formula is C38H47N6O4S2+. The van der Waals surface area contributed by atoms with Crippen molar-refractivity contribution in [1.29, 1.82) is 0 Å². The molecule has 0 spiro atoms. The first kappa shape index (κ1) is 38.6. The summed E-state index contributed by atoms with van der Waals surface area (Å²) in [6.45, 7) is 5.24. The Balaban J connectivity index is 1.10. The van der Waals surface area contributed by atoms with E-state index in [-0.39, 0.29) is 26.3 Å². The van der Waals surface area contributed by atoms with Gasteiger partial charge in [0.1, 0.15) is 0 Å². The lowest BCUT2D eigenvalue weighted by Crippen LogP contribution is -2.33. The minimum Gasteiger partial charge on any atom is -0.395 e. The average Bonchev–Trinajstić information content (AvgIpc) is 3.16. The summed E-state index contributed by atoms with van der Waals surface area (Å²) in [6.07, 6.45) is 19.2. The summed E-state index contributed by atoms with van der Waals surface area (Å²) in [5.41, 5.74) is 6.43. The highest BCUT2D eigenvalue weighted by Gasteiger charge is 2.08. The Labute approximate surface area is 303 Å². The first-order valence-corrected chi connectivity index (χ1v) is 19.3. The van der Waals surface area contributed by atoms with Crippen LogP contribution in [0.2, 0.25) is 0 Å². The van der Waals surface area contributed by atoms with E-state index in [0.717, 1.165) is 59.2 Å². The minimum absolute atomic E-state index is 0.0566. The molecule has 264 valence electrons. The summed E-state index contributed by atoms with van der Waals surface area (Å²) in [6, 6.07) is 20.4. The van der Waals surface area contributed by atoms with Gasteiger partial charge in [-0.3, -0.25) is 0 Å². The van der Waals surface area contributed by atoms with Gasteiger partial charge in [-0.05, 0) is 58.8 Å². The summed E-state index contributed by atoms with van der Waals surface area (Å²) in [5, 5.41) is 24.4. The number of hydrogen-bond acceptors (Lipinski definition) is 11. The van der Waals surface area contributed by atoms with E-state index in [1.54, 1.807) is 0 Å². The molecule has 0 aliphatic carbocycles. The van der Waals surface area contributed by atoms with Crippen molar-refractivity contribution in [2.75, 3.05) is 86.9 Å². The van der Waals surface area contributed by atoms with Gasteiger partial charge in [-0.15, -0.1) is 0 Å². The monoisotopic (exact) mass is 715 g/mol. The number of aliphatic hydroxyl groups excluding tert-OH is 2. The summed E-state index contributed by atoms with van der Waals surface area (Å²) in [4.78, 5) is 27.3. The zero-order chi connectivity index (χ0) is 35.2. The maximum Gasteiger partial charge on any atom is 0.169 e. The van der Waals surface area contributed by atoms with Crippen molar-refractivity contribution < 1.29 is 14.8 Å². The van der Waals surface area contributed by atoms with E-state index in [1.165, 1.54) is 5.57 Å². The third kappa shape index (κ3) is 13.6. The summed E-state index contributed by atoms with van der Waals surface area (Å²) in [7, 11) is 3.82. The van der Waals surface area contributed by atoms with E-state index < -0.39 is 0 Å². The second-order valence-electron chi connectivity index (χ2n) is 11.5. The van der Waals surface area contributed by atoms with Gasteiger partial charge in [0.05, 0.1) is 32.1 Å². The number of aryl methyl sites for hydroxylation is 1. The second-order valence-corrected chi connectivity index (χ2v) is 14.2. The van der Waals surface area contributed by atoms with Crippen LogP contribution in [-0.4, -0.2) is 92.2 Å². The van der Waals surface area contributed by atoms with E-state index in [4.69, 9.17) is 0 Å². The van der Waals surface area contributed by atoms with Crippen LogP contribution in [0.25, 0.3) is 18.2 Å². The van der Waals surface area contributed by atoms with Crippen molar-refractivity contribution in [2.45, 2.75) is 6.54 Å². The maximum absolute atomic E-state index is 10.5. The molecule has 50 heavy (non-hydrogen) atoms. The van der Waals surface area contributed by atoms with Crippen LogP contribution in [0, 0.1) is 9.81 Å². The third-order valence-electron chi connectivity index (χ3n) is 8.05. The maximum atomic E-state index is 10.5. The molecule has 0 radical (unpaired) electrons. The molecule has 0 bridgehead atoms. The van der Waals surface area contributed by atoms with Gasteiger partial charge in [-0.25, -0.2) is 4.57 Å². The molecule has 0 fully saturated rings. The van der Waals surface area contributed by atoms with Gasteiger partial charge in [0.25, 0.3) is 0 Å². The van der Waals surface area contributed by atoms with E-state index in [1.807, 2.05) is 67.8 Å². The fourth-order valence-corrected chi connectivity index (χ4v) is 7.24. The number of nitrogens with zero attached hydrogens (tertiary/aromatic N) is 6. The lowest BCUT2D eigenvalue weighted by Gasteiger charge is -2.23. The van der Waals surface area contributed by atoms with Crippen LogP contribution in [0.1, 0.15) is 16.7 Å². The smallest absolute Gasteiger partial charge is 0.169 e. The summed E-state index contributed by atoms with van der Waals surface area (Å²) < 4.78 is 2.21. The molecule has 1 aliphatic rings. The number of anilines is 2. The normalized spacial score (nSPS) is 12.8. The largest absolute Gasteiger partial charge is 0.395 e. The first-order valence-electron chi connectivity index (χ1n) is 16.8. The quantitative estimate of drug-likeness (QED) is 0.0519. The fraction of sp³-hybridized carbons (Fsp3) is 0.342. The number of rotatable bonds is 23. The van der Waals surface area contributed by atoms with Crippen LogP contribution in [0.5, 0.6) is 0 Å². The Morgan fingerprint density at radius 1 is 0.700 bits per heavy atom. The first-order chi connectivity index (χ1) is 24.6. The third-order valence-corrected chi connectivity index (χ3v) is 10.4. The summed E-state index contributed by atoms with van der Waals surface area (Å²) >= 11 is 0. The zero-order valence-corrected chi connectivity index (χ0v) is 30.0. The highest BCUT2D eigenvalue weighted by molar-refractivity contribution is 8.76. The van der Waals surface area contributed by atoms with Crippen molar-refractivity contribution in [3.8, 4) is 0 Å². The standard InChI is InChI=1S/C38H47N6O4S2/c45-29-25-44(26-30-46)38-11-7-34(8-12-38)2-4-36-15-21-42(22-16-36)28-32-50-49-31-27-41-19-13-35(14-20-41)3-1-33-5-9-37(10-6-33)43(23-17-39-47)24-18-40-48/h1-16,19-21,45-46H,17-18,22-32H2/q+1/b4-2+. The van der Waals surface area contributed by atoms with E-state index in [9.17, 15) is 20.0 Å². The Kier molecular flexibility index (Phi) is 17.3. The van der Waals surface area contributed by atoms with Crippen LogP contribution in [-0.2, 0) is 6.54 Å². The van der Waals surface area contributed by atoms with Crippen molar-refractivity contribution in [3.63, 3.8) is 0 Å². The van der Waals surface area contributed by atoms with E-state index in [0.29, 0.717) is 26.2 Å². The molecule has 2 N–H and O–H groups in total. The highest BCUT2D eigenvalue weighted by atomic mass is 33.1. The van der Waals surface area contributed by atoms with E-state index >= 15 is 0 Å². The topological polar surface area (TPSA) is 113 Å². The molecule has 1 aromatic heterocycles. The van der Waals surface area contributed by atoms with Gasteiger partial charge < -0.3 is 24.9 Å². The second kappa shape index (κ2) is 22.5. The molecule has 4 rings (SSSR count). The number of benzene rings is 2. The lowest BCUT2D eigenvalue weighted by molar-refractivity contribution is -0.692. The van der Waals surface area contributed by atoms with Crippen LogP contribution < -0.4 is 14.4 Å². The minimum atomic E-state index is 0.0566. The Morgan fingerprint density at radius 2 is 1.22 bits per heavy atom. The Bertz CT molecular complexity index is 1550. The number of aromatic nitrogens is 1. The van der Waals surface area contributed by atoms with Crippen molar-refractivity contribution in [2.24, 2.45) is 10.4 Å². The van der Waals surface area contributed by atoms with Crippen molar-refractivity contribution >= 4 is 51.2 Å². The number of pyridine rings is 1. The van der Waals surface area contributed by atoms with Gasteiger partial charge in [-0.2, -0.15) is 9.81 Å². The van der Waals surface area contributed by atoms with Gasteiger partial charge in [-0.1, -0.05) is 86.6 Å². The van der Waals surface area contributed by atoms with Crippen LogP contribution in [0.3, 0.4) is 0 Å². The Hall–Kier alpha value is -4.23. The molecule has 2 heterocycles. The molecule has 3 aromatic rings. The van der Waals surface area contributed by atoms with E-state index in [2.05, 4.69) is 99.1 Å². The molecule has 0 saturated carbocycles. The predicted molar refractivity (Wildman–Crippen MR) is 211 cm³/mol. The molecule has 0 unspecified atom stereocenters. The van der Waals surface area contributed by atoms with Crippen molar-refractivity contribution in [1.82, 2.24) is 4.90 Å². The van der Waals surface area contributed by atoms with Crippen molar-refractivity contribution in [3.05, 3.63) is 130 Å². The number of hydrogen-bond donors (Lipinski definition) is 2. The van der Waals surface area contributed by atoms with Crippen LogP contribution in [0.4, 0.5) is 11.4 Å². The number of nitroso groups, excluding NO2 is 2. The molecule has 12 heteroatoms. The molecule has 0 amide bonds. The van der Waals surface area contributed by atoms with Crippen LogP contribution >= 0.6 is 21.6 Å². The van der Waals surface area contributed by atoms with Gasteiger partial charge in [0, 0.05) is 68.5 Å². The SMILES string of the molecule is O=NCCN(CCN=O)c1ccc(/C=C/c2cc[n+](CCSSCCN3C=CC(/C=C/c4ccc(N(CCO)CCO)cc4)=CC3)cc2)cc1. The molecule has 1 aliphatic heterocycles. The van der Waals surface area contributed by atoms with Gasteiger partial charge in [0.15, 0.2) is 18.9 Å².